The highest BCUT2D eigenvalue weighted by molar-refractivity contribution is 6.05. The van der Waals surface area contributed by atoms with Crippen molar-refractivity contribution in [3.63, 3.8) is 0 Å². The zero-order chi connectivity index (χ0) is 14.7. The van der Waals surface area contributed by atoms with Gasteiger partial charge in [0.2, 0.25) is 0 Å². The van der Waals surface area contributed by atoms with Crippen LogP contribution in [0.25, 0.3) is 5.76 Å². The SMILES string of the molecule is O=C(C=C1OC(=O)c2ccccc21)OCc1ccccc1. The van der Waals surface area contributed by atoms with Crippen LogP contribution in [-0.2, 0) is 20.9 Å². The van der Waals surface area contributed by atoms with Crippen molar-refractivity contribution in [1.82, 2.24) is 0 Å². The lowest BCUT2D eigenvalue weighted by Crippen LogP contribution is -2.02. The van der Waals surface area contributed by atoms with E-state index in [1.807, 2.05) is 30.3 Å². The molecule has 0 amide bonds. The fourth-order valence-electron chi connectivity index (χ4n) is 2.07. The lowest BCUT2D eigenvalue weighted by atomic mass is 10.1. The number of fused-ring (bicyclic) bond motifs is 1. The lowest BCUT2D eigenvalue weighted by molar-refractivity contribution is -0.139. The Hall–Kier alpha value is -2.88. The van der Waals surface area contributed by atoms with Gasteiger partial charge in [-0.25, -0.2) is 9.59 Å². The number of carbonyl (C=O) groups excluding carboxylic acids is 2. The normalized spacial score (nSPS) is 14.7. The van der Waals surface area contributed by atoms with Crippen LogP contribution in [0.2, 0.25) is 0 Å². The average molecular weight is 280 g/mol. The Morgan fingerprint density at radius 2 is 1.67 bits per heavy atom. The molecular weight excluding hydrogens is 268 g/mol. The fraction of sp³-hybridized carbons (Fsp3) is 0.0588. The van der Waals surface area contributed by atoms with Gasteiger partial charge in [-0.2, -0.15) is 0 Å². The van der Waals surface area contributed by atoms with Crippen LogP contribution in [0, 0.1) is 0 Å². The molecule has 4 heteroatoms. The second kappa shape index (κ2) is 5.63. The van der Waals surface area contributed by atoms with Gasteiger partial charge < -0.3 is 9.47 Å². The molecule has 0 fully saturated rings. The Bertz CT molecular complexity index is 717. The van der Waals surface area contributed by atoms with E-state index in [2.05, 4.69) is 0 Å². The van der Waals surface area contributed by atoms with Gasteiger partial charge in [-0.15, -0.1) is 0 Å². The van der Waals surface area contributed by atoms with Gasteiger partial charge in [0.25, 0.3) is 0 Å². The van der Waals surface area contributed by atoms with E-state index in [1.54, 1.807) is 24.3 Å². The molecule has 1 aliphatic heterocycles. The van der Waals surface area contributed by atoms with Gasteiger partial charge in [0, 0.05) is 5.56 Å². The monoisotopic (exact) mass is 280 g/mol. The first-order valence-electron chi connectivity index (χ1n) is 6.48. The maximum absolute atomic E-state index is 11.8. The number of benzene rings is 2. The Kier molecular flexibility index (Phi) is 3.51. The van der Waals surface area contributed by atoms with Gasteiger partial charge >= 0.3 is 11.9 Å². The molecular formula is C17H12O4. The van der Waals surface area contributed by atoms with Gasteiger partial charge in [-0.1, -0.05) is 48.5 Å². The zero-order valence-electron chi connectivity index (χ0n) is 11.1. The summed E-state index contributed by atoms with van der Waals surface area (Å²) in [4.78, 5) is 23.4. The van der Waals surface area contributed by atoms with Crippen molar-refractivity contribution >= 4 is 17.7 Å². The molecule has 0 aliphatic carbocycles. The van der Waals surface area contributed by atoms with Crippen LogP contribution in [-0.4, -0.2) is 11.9 Å². The Morgan fingerprint density at radius 1 is 1.00 bits per heavy atom. The molecule has 3 rings (SSSR count). The van der Waals surface area contributed by atoms with E-state index in [0.29, 0.717) is 11.1 Å². The molecule has 21 heavy (non-hydrogen) atoms. The van der Waals surface area contributed by atoms with E-state index < -0.39 is 11.9 Å². The highest BCUT2D eigenvalue weighted by Crippen LogP contribution is 2.29. The average Bonchev–Trinajstić information content (AvgIpc) is 2.83. The van der Waals surface area contributed by atoms with Gasteiger partial charge in [0.15, 0.2) is 0 Å². The quantitative estimate of drug-likeness (QED) is 0.640. The summed E-state index contributed by atoms with van der Waals surface area (Å²) in [6.45, 7) is 0.180. The number of cyclic esters (lactones) is 1. The predicted octanol–water partition coefficient (Wildman–Crippen LogP) is 2.94. The molecule has 0 bridgehead atoms. The number of esters is 2. The van der Waals surface area contributed by atoms with E-state index in [1.165, 1.54) is 6.08 Å². The van der Waals surface area contributed by atoms with Crippen LogP contribution in [0.5, 0.6) is 0 Å². The van der Waals surface area contributed by atoms with E-state index in [0.717, 1.165) is 5.56 Å². The van der Waals surface area contributed by atoms with Crippen LogP contribution in [0.3, 0.4) is 0 Å². The molecule has 0 saturated carbocycles. The smallest absolute Gasteiger partial charge is 0.344 e. The van der Waals surface area contributed by atoms with Crippen molar-refractivity contribution in [2.75, 3.05) is 0 Å². The molecule has 4 nitrogen and oxygen atoms in total. The third-order valence-electron chi connectivity index (χ3n) is 3.09. The molecule has 2 aromatic rings. The van der Waals surface area contributed by atoms with Crippen molar-refractivity contribution in [3.05, 3.63) is 77.4 Å². The summed E-state index contributed by atoms with van der Waals surface area (Å²) in [7, 11) is 0. The van der Waals surface area contributed by atoms with Crippen molar-refractivity contribution < 1.29 is 19.1 Å². The van der Waals surface area contributed by atoms with Crippen LogP contribution in [0.15, 0.2) is 60.7 Å². The largest absolute Gasteiger partial charge is 0.458 e. The lowest BCUT2D eigenvalue weighted by Gasteiger charge is -2.02. The summed E-state index contributed by atoms with van der Waals surface area (Å²) in [6.07, 6.45) is 1.20. The van der Waals surface area contributed by atoms with Crippen molar-refractivity contribution in [1.29, 1.82) is 0 Å². The molecule has 0 spiro atoms. The zero-order valence-corrected chi connectivity index (χ0v) is 11.1. The minimum Gasteiger partial charge on any atom is -0.458 e. The van der Waals surface area contributed by atoms with Crippen LogP contribution < -0.4 is 0 Å². The van der Waals surface area contributed by atoms with Gasteiger partial charge in [0.1, 0.15) is 12.4 Å². The van der Waals surface area contributed by atoms with E-state index in [-0.39, 0.29) is 12.4 Å². The molecule has 0 N–H and O–H groups in total. The van der Waals surface area contributed by atoms with Gasteiger partial charge in [-0.3, -0.25) is 0 Å². The second-order valence-corrected chi connectivity index (χ2v) is 4.54. The summed E-state index contributed by atoms with van der Waals surface area (Å²) >= 11 is 0. The summed E-state index contributed by atoms with van der Waals surface area (Å²) in [5.41, 5.74) is 1.96. The molecule has 1 aliphatic rings. The van der Waals surface area contributed by atoms with Crippen molar-refractivity contribution in [2.45, 2.75) is 6.61 Å². The molecule has 104 valence electrons. The minimum absolute atomic E-state index is 0.180. The van der Waals surface area contributed by atoms with Crippen LogP contribution in [0.1, 0.15) is 21.5 Å². The molecule has 0 radical (unpaired) electrons. The molecule has 0 saturated heterocycles. The number of hydrogen-bond donors (Lipinski definition) is 0. The first-order valence-corrected chi connectivity index (χ1v) is 6.48. The number of ether oxygens (including phenoxy) is 2. The third kappa shape index (κ3) is 2.84. The second-order valence-electron chi connectivity index (χ2n) is 4.54. The van der Waals surface area contributed by atoms with Crippen molar-refractivity contribution in [3.8, 4) is 0 Å². The Morgan fingerprint density at radius 3 is 2.43 bits per heavy atom. The topological polar surface area (TPSA) is 52.6 Å². The molecule has 2 aromatic carbocycles. The van der Waals surface area contributed by atoms with Crippen molar-refractivity contribution in [2.24, 2.45) is 0 Å². The summed E-state index contributed by atoms with van der Waals surface area (Å²) < 4.78 is 10.2. The van der Waals surface area contributed by atoms with Crippen LogP contribution in [0.4, 0.5) is 0 Å². The molecule has 0 aromatic heterocycles. The summed E-state index contributed by atoms with van der Waals surface area (Å²) in [6, 6.07) is 16.3. The Labute approximate surface area is 121 Å². The first-order chi connectivity index (χ1) is 10.2. The summed E-state index contributed by atoms with van der Waals surface area (Å²) in [5, 5.41) is 0. The number of hydrogen-bond acceptors (Lipinski definition) is 4. The first kappa shape index (κ1) is 13.1. The fourth-order valence-corrected chi connectivity index (χ4v) is 2.07. The predicted molar refractivity (Wildman–Crippen MR) is 76.1 cm³/mol. The minimum atomic E-state index is -0.543. The molecule has 0 unspecified atom stereocenters. The van der Waals surface area contributed by atoms with E-state index >= 15 is 0 Å². The van der Waals surface area contributed by atoms with Crippen LogP contribution >= 0.6 is 0 Å². The molecule has 1 heterocycles. The van der Waals surface area contributed by atoms with Gasteiger partial charge in [0.05, 0.1) is 11.6 Å². The maximum atomic E-state index is 11.8. The Balaban J connectivity index is 1.71. The highest BCUT2D eigenvalue weighted by Gasteiger charge is 2.26. The van der Waals surface area contributed by atoms with E-state index in [9.17, 15) is 9.59 Å². The summed E-state index contributed by atoms with van der Waals surface area (Å²) in [5.74, 6) is -0.764. The number of rotatable bonds is 3. The van der Waals surface area contributed by atoms with Gasteiger partial charge in [-0.05, 0) is 11.6 Å². The molecule has 0 atom stereocenters. The van der Waals surface area contributed by atoms with E-state index in [4.69, 9.17) is 9.47 Å². The third-order valence-corrected chi connectivity index (χ3v) is 3.09. The number of carbonyl (C=O) groups is 2. The maximum Gasteiger partial charge on any atom is 0.344 e. The standard InChI is InChI=1S/C17H12O4/c18-16(20-11-12-6-2-1-3-7-12)10-15-13-8-4-5-9-14(13)17(19)21-15/h1-10H,11H2. The highest BCUT2D eigenvalue weighted by atomic mass is 16.6.